The Morgan fingerprint density at radius 2 is 2.05 bits per heavy atom. The average molecular weight is 312 g/mol. The van der Waals surface area contributed by atoms with Gasteiger partial charge in [0.15, 0.2) is 5.75 Å². The summed E-state index contributed by atoms with van der Waals surface area (Å²) < 4.78 is 5.95. The molecule has 3 aromatic rings. The van der Waals surface area contributed by atoms with E-state index >= 15 is 0 Å². The van der Waals surface area contributed by atoms with Gasteiger partial charge in [0, 0.05) is 36.4 Å². The van der Waals surface area contributed by atoms with Crippen LogP contribution in [0.5, 0.6) is 5.75 Å². The minimum Gasteiger partial charge on any atom is -0.475 e. The number of nitrogens with zero attached hydrogens (tertiary/aromatic N) is 3. The van der Waals surface area contributed by atoms with Gasteiger partial charge in [-0.05, 0) is 30.3 Å². The van der Waals surface area contributed by atoms with Crippen LogP contribution in [0.2, 0.25) is 5.02 Å². The summed E-state index contributed by atoms with van der Waals surface area (Å²) in [4.78, 5) is 11.0. The van der Waals surface area contributed by atoms with Gasteiger partial charge in [-0.2, -0.15) is 0 Å². The van der Waals surface area contributed by atoms with Gasteiger partial charge in [-0.1, -0.05) is 17.7 Å². The van der Waals surface area contributed by atoms with E-state index in [0.29, 0.717) is 11.8 Å². The number of fused-ring (bicyclic) bond motifs is 3. The molecule has 0 aliphatic carbocycles. The Morgan fingerprint density at radius 3 is 2.91 bits per heavy atom. The Labute approximate surface area is 133 Å². The monoisotopic (exact) mass is 311 g/mol. The maximum absolute atomic E-state index is 6.38. The average Bonchev–Trinajstić information content (AvgIpc) is 2.56. The van der Waals surface area contributed by atoms with Crippen molar-refractivity contribution in [3.63, 3.8) is 0 Å². The predicted molar refractivity (Wildman–Crippen MR) is 85.7 cm³/mol. The van der Waals surface area contributed by atoms with E-state index in [-0.39, 0.29) is 0 Å². The van der Waals surface area contributed by atoms with E-state index in [4.69, 9.17) is 16.3 Å². The van der Waals surface area contributed by atoms with E-state index in [9.17, 15) is 0 Å². The summed E-state index contributed by atoms with van der Waals surface area (Å²) in [6.45, 7) is 2.05. The molecule has 2 aromatic heterocycles. The van der Waals surface area contributed by atoms with Crippen molar-refractivity contribution in [1.82, 2.24) is 14.9 Å². The minimum atomic E-state index is 0.525. The van der Waals surface area contributed by atoms with E-state index in [1.54, 1.807) is 6.20 Å². The second kappa shape index (κ2) is 5.55. The lowest BCUT2D eigenvalue weighted by molar-refractivity contribution is 0.0890. The van der Waals surface area contributed by atoms with E-state index in [1.165, 1.54) is 0 Å². The molecule has 0 amide bonds. The Balaban J connectivity index is 1.66. The molecule has 1 aliphatic heterocycles. The highest BCUT2D eigenvalue weighted by Gasteiger charge is 2.22. The maximum Gasteiger partial charge on any atom is 0.152 e. The highest BCUT2D eigenvalue weighted by molar-refractivity contribution is 6.35. The number of aromatic nitrogens is 2. The van der Waals surface area contributed by atoms with Crippen LogP contribution in [0.1, 0.15) is 11.3 Å². The number of hydrogen-bond acceptors (Lipinski definition) is 4. The van der Waals surface area contributed by atoms with Crippen LogP contribution >= 0.6 is 11.6 Å². The van der Waals surface area contributed by atoms with Crippen LogP contribution in [-0.4, -0.2) is 21.6 Å². The Hall–Kier alpha value is -2.17. The molecule has 1 aliphatic rings. The van der Waals surface area contributed by atoms with Gasteiger partial charge in [-0.3, -0.25) is 14.9 Å². The molecule has 0 radical (unpaired) electrons. The van der Waals surface area contributed by atoms with Crippen molar-refractivity contribution in [3.05, 3.63) is 65.1 Å². The van der Waals surface area contributed by atoms with Crippen molar-refractivity contribution in [2.75, 3.05) is 6.73 Å². The molecule has 5 heteroatoms. The zero-order valence-electron chi connectivity index (χ0n) is 11.9. The lowest BCUT2D eigenvalue weighted by Gasteiger charge is -2.29. The second-order valence-corrected chi connectivity index (χ2v) is 5.73. The zero-order valence-corrected chi connectivity index (χ0v) is 12.6. The first-order valence-corrected chi connectivity index (χ1v) is 7.50. The Kier molecular flexibility index (Phi) is 3.41. The normalized spacial score (nSPS) is 14.6. The third-order valence-corrected chi connectivity index (χ3v) is 4.08. The molecule has 0 spiro atoms. The fourth-order valence-electron chi connectivity index (χ4n) is 2.77. The van der Waals surface area contributed by atoms with Crippen LogP contribution < -0.4 is 4.74 Å². The summed E-state index contributed by atoms with van der Waals surface area (Å²) >= 11 is 6.38. The van der Waals surface area contributed by atoms with Crippen molar-refractivity contribution in [2.24, 2.45) is 0 Å². The minimum absolute atomic E-state index is 0.525. The number of hydrogen-bond donors (Lipinski definition) is 0. The Morgan fingerprint density at radius 1 is 1.14 bits per heavy atom. The SMILES string of the molecule is Clc1cc2c(c3ncccc13)OCN(Cc1ccccn1)C2. The quantitative estimate of drug-likeness (QED) is 0.724. The molecule has 3 heterocycles. The predicted octanol–water partition coefficient (Wildman–Crippen LogP) is 3.64. The van der Waals surface area contributed by atoms with Gasteiger partial charge in [-0.15, -0.1) is 0 Å². The fraction of sp³-hybridized carbons (Fsp3) is 0.176. The highest BCUT2D eigenvalue weighted by atomic mass is 35.5. The van der Waals surface area contributed by atoms with E-state index in [0.717, 1.165) is 41.0 Å². The van der Waals surface area contributed by atoms with Crippen LogP contribution in [-0.2, 0) is 13.1 Å². The molecule has 0 bridgehead atoms. The summed E-state index contributed by atoms with van der Waals surface area (Å²) in [5, 5.41) is 1.64. The third kappa shape index (κ3) is 2.40. The first-order valence-electron chi connectivity index (χ1n) is 7.12. The lowest BCUT2D eigenvalue weighted by atomic mass is 10.1. The number of rotatable bonds is 2. The van der Waals surface area contributed by atoms with Gasteiger partial charge in [0.05, 0.1) is 10.7 Å². The zero-order chi connectivity index (χ0) is 14.9. The lowest BCUT2D eigenvalue weighted by Crippen LogP contribution is -2.32. The first-order chi connectivity index (χ1) is 10.8. The van der Waals surface area contributed by atoms with Gasteiger partial charge < -0.3 is 4.74 Å². The number of halogens is 1. The second-order valence-electron chi connectivity index (χ2n) is 5.33. The van der Waals surface area contributed by atoms with Crippen LogP contribution in [0.25, 0.3) is 10.9 Å². The molecule has 0 fully saturated rings. The van der Waals surface area contributed by atoms with Crippen molar-refractivity contribution in [3.8, 4) is 5.75 Å². The van der Waals surface area contributed by atoms with E-state index < -0.39 is 0 Å². The van der Waals surface area contributed by atoms with Crippen LogP contribution in [0.3, 0.4) is 0 Å². The number of benzene rings is 1. The van der Waals surface area contributed by atoms with E-state index in [1.807, 2.05) is 42.6 Å². The van der Waals surface area contributed by atoms with Crippen molar-refractivity contribution < 1.29 is 4.74 Å². The smallest absolute Gasteiger partial charge is 0.152 e. The molecular formula is C17H14ClN3O. The van der Waals surface area contributed by atoms with Crippen molar-refractivity contribution >= 4 is 22.5 Å². The van der Waals surface area contributed by atoms with Crippen molar-refractivity contribution in [2.45, 2.75) is 13.1 Å². The molecular weight excluding hydrogens is 298 g/mol. The summed E-state index contributed by atoms with van der Waals surface area (Å²) in [7, 11) is 0. The standard InChI is InChI=1S/C17H14ClN3O/c18-15-8-12-9-21(10-13-4-1-2-6-19-13)11-22-17(12)16-14(15)5-3-7-20-16/h1-8H,9-11H2. The molecule has 4 nitrogen and oxygen atoms in total. The molecule has 22 heavy (non-hydrogen) atoms. The maximum atomic E-state index is 6.38. The fourth-order valence-corrected chi connectivity index (χ4v) is 3.05. The largest absolute Gasteiger partial charge is 0.475 e. The van der Waals surface area contributed by atoms with Crippen LogP contribution in [0.15, 0.2) is 48.8 Å². The number of pyridine rings is 2. The molecule has 0 atom stereocenters. The Bertz CT molecular complexity index is 823. The molecule has 4 rings (SSSR count). The molecule has 0 saturated heterocycles. The van der Waals surface area contributed by atoms with Crippen molar-refractivity contribution in [1.29, 1.82) is 0 Å². The summed E-state index contributed by atoms with van der Waals surface area (Å²) in [6, 6.07) is 11.8. The van der Waals surface area contributed by atoms with Gasteiger partial charge >= 0.3 is 0 Å². The third-order valence-electron chi connectivity index (χ3n) is 3.77. The summed E-state index contributed by atoms with van der Waals surface area (Å²) in [5.74, 6) is 0.845. The van der Waals surface area contributed by atoms with Gasteiger partial charge in [0.25, 0.3) is 0 Å². The van der Waals surface area contributed by atoms with E-state index in [2.05, 4.69) is 14.9 Å². The van der Waals surface area contributed by atoms with Gasteiger partial charge in [0.1, 0.15) is 12.2 Å². The topological polar surface area (TPSA) is 38.2 Å². The molecule has 110 valence electrons. The van der Waals surface area contributed by atoms with Gasteiger partial charge in [0.2, 0.25) is 0 Å². The molecule has 1 aromatic carbocycles. The molecule has 0 unspecified atom stereocenters. The summed E-state index contributed by atoms with van der Waals surface area (Å²) in [6.07, 6.45) is 3.57. The highest BCUT2D eigenvalue weighted by Crippen LogP contribution is 2.36. The molecule has 0 saturated carbocycles. The van der Waals surface area contributed by atoms with Crippen LogP contribution in [0.4, 0.5) is 0 Å². The van der Waals surface area contributed by atoms with Crippen LogP contribution in [0, 0.1) is 0 Å². The summed E-state index contributed by atoms with van der Waals surface area (Å²) in [5.41, 5.74) is 2.93. The molecule has 0 N–H and O–H groups in total. The van der Waals surface area contributed by atoms with Gasteiger partial charge in [-0.25, -0.2) is 0 Å². The first kappa shape index (κ1) is 13.5. The number of ether oxygens (including phenoxy) is 1.